The second-order valence-electron chi connectivity index (χ2n) is 5.98. The Labute approximate surface area is 161 Å². The van der Waals surface area contributed by atoms with E-state index in [-0.39, 0.29) is 24.4 Å². The molecule has 0 aromatic heterocycles. The number of amides is 1. The first-order valence-corrected chi connectivity index (χ1v) is 9.84. The Kier molecular flexibility index (Phi) is 6.77. The van der Waals surface area contributed by atoms with Crippen LogP contribution in [0.3, 0.4) is 0 Å². The van der Waals surface area contributed by atoms with Crippen molar-refractivity contribution in [2.45, 2.75) is 23.8 Å². The molecule has 5 nitrogen and oxygen atoms in total. The van der Waals surface area contributed by atoms with Crippen molar-refractivity contribution in [2.75, 3.05) is 25.5 Å². The van der Waals surface area contributed by atoms with Gasteiger partial charge in [-0.15, -0.1) is 11.8 Å². The summed E-state index contributed by atoms with van der Waals surface area (Å²) in [6.45, 7) is 0.924. The van der Waals surface area contributed by atoms with Crippen LogP contribution < -0.4 is 5.32 Å². The molecule has 1 N–H and O–H groups in total. The van der Waals surface area contributed by atoms with Crippen molar-refractivity contribution < 1.29 is 19.1 Å². The molecule has 0 aliphatic carbocycles. The van der Waals surface area contributed by atoms with E-state index in [4.69, 9.17) is 21.1 Å². The number of esters is 1. The van der Waals surface area contributed by atoms with Crippen LogP contribution >= 0.6 is 23.4 Å². The number of fused-ring (bicyclic) bond motifs is 1. The fraction of sp³-hybridized carbons (Fsp3) is 0.368. The molecule has 1 aliphatic heterocycles. The van der Waals surface area contributed by atoms with E-state index in [9.17, 15) is 9.59 Å². The maximum atomic E-state index is 11.9. The Morgan fingerprint density at radius 2 is 2.08 bits per heavy atom. The molecule has 2 aromatic rings. The van der Waals surface area contributed by atoms with Gasteiger partial charge in [0.1, 0.15) is 0 Å². The van der Waals surface area contributed by atoms with Crippen LogP contribution in [0, 0.1) is 0 Å². The molecule has 0 spiro atoms. The van der Waals surface area contributed by atoms with Crippen molar-refractivity contribution in [3.63, 3.8) is 0 Å². The number of rotatable bonds is 7. The Bertz CT molecular complexity index is 787. The van der Waals surface area contributed by atoms with E-state index in [1.54, 1.807) is 0 Å². The Morgan fingerprint density at radius 3 is 2.85 bits per heavy atom. The minimum absolute atomic E-state index is 0.0707. The van der Waals surface area contributed by atoms with Crippen LogP contribution in [0.2, 0.25) is 5.02 Å². The SMILES string of the molecule is O=C(COC(=O)CSc1cccc2cccc(Cl)c12)NC[C@@H]1CCCO1. The van der Waals surface area contributed by atoms with Crippen molar-refractivity contribution >= 4 is 46.0 Å². The summed E-state index contributed by atoms with van der Waals surface area (Å²) >= 11 is 7.62. The van der Waals surface area contributed by atoms with Gasteiger partial charge in [-0.3, -0.25) is 9.59 Å². The van der Waals surface area contributed by atoms with Crippen LogP contribution in [0.4, 0.5) is 0 Å². The van der Waals surface area contributed by atoms with Gasteiger partial charge in [-0.25, -0.2) is 0 Å². The Balaban J connectivity index is 1.45. The highest BCUT2D eigenvalue weighted by Gasteiger charge is 2.17. The predicted octanol–water partition coefficient (Wildman–Crippen LogP) is 3.42. The van der Waals surface area contributed by atoms with E-state index in [2.05, 4.69) is 5.32 Å². The van der Waals surface area contributed by atoms with Gasteiger partial charge < -0.3 is 14.8 Å². The molecule has 26 heavy (non-hydrogen) atoms. The van der Waals surface area contributed by atoms with Crippen molar-refractivity contribution in [3.8, 4) is 0 Å². The number of hydrogen-bond acceptors (Lipinski definition) is 5. The first kappa shape index (κ1) is 19.0. The van der Waals surface area contributed by atoms with Crippen LogP contribution in [-0.4, -0.2) is 43.5 Å². The average molecular weight is 394 g/mol. The smallest absolute Gasteiger partial charge is 0.316 e. The van der Waals surface area contributed by atoms with Crippen LogP contribution in [0.15, 0.2) is 41.3 Å². The highest BCUT2D eigenvalue weighted by molar-refractivity contribution is 8.00. The second kappa shape index (κ2) is 9.26. The van der Waals surface area contributed by atoms with E-state index in [0.717, 1.165) is 35.1 Å². The maximum absolute atomic E-state index is 11.9. The fourth-order valence-electron chi connectivity index (χ4n) is 2.79. The number of halogens is 1. The Morgan fingerprint density at radius 1 is 1.27 bits per heavy atom. The number of hydrogen-bond donors (Lipinski definition) is 1. The summed E-state index contributed by atoms with van der Waals surface area (Å²) in [6, 6.07) is 11.5. The van der Waals surface area contributed by atoms with Gasteiger partial charge in [0.25, 0.3) is 5.91 Å². The fourth-order valence-corrected chi connectivity index (χ4v) is 4.03. The minimum Gasteiger partial charge on any atom is -0.455 e. The quantitative estimate of drug-likeness (QED) is 0.576. The lowest BCUT2D eigenvalue weighted by Gasteiger charge is -2.11. The van der Waals surface area contributed by atoms with Crippen LogP contribution in [0.25, 0.3) is 10.8 Å². The largest absolute Gasteiger partial charge is 0.455 e. The highest BCUT2D eigenvalue weighted by Crippen LogP contribution is 2.33. The summed E-state index contributed by atoms with van der Waals surface area (Å²) < 4.78 is 10.5. The molecule has 1 amide bonds. The van der Waals surface area contributed by atoms with Gasteiger partial charge >= 0.3 is 5.97 Å². The number of carbonyl (C=O) groups is 2. The third-order valence-corrected chi connectivity index (χ3v) is 5.42. The van der Waals surface area contributed by atoms with Crippen molar-refractivity contribution in [1.29, 1.82) is 0 Å². The number of nitrogens with one attached hydrogen (secondary N) is 1. The molecule has 3 rings (SSSR count). The number of ether oxygens (including phenoxy) is 2. The average Bonchev–Trinajstić information content (AvgIpc) is 3.16. The molecule has 1 aliphatic rings. The highest BCUT2D eigenvalue weighted by atomic mass is 35.5. The van der Waals surface area contributed by atoms with Gasteiger partial charge in [-0.1, -0.05) is 35.9 Å². The van der Waals surface area contributed by atoms with Gasteiger partial charge in [-0.2, -0.15) is 0 Å². The standard InChI is InChI=1S/C19H20ClNO4S/c20-15-7-1-4-13-5-2-8-16(19(13)15)26-12-18(23)25-11-17(22)21-10-14-6-3-9-24-14/h1-2,4-5,7-8,14H,3,6,9-12H2,(H,21,22)/t14-/m0/s1. The van der Waals surface area contributed by atoms with Crippen LogP contribution in [0.1, 0.15) is 12.8 Å². The first-order chi connectivity index (χ1) is 12.6. The van der Waals surface area contributed by atoms with E-state index in [0.29, 0.717) is 11.6 Å². The van der Waals surface area contributed by atoms with Gasteiger partial charge in [0.05, 0.1) is 11.9 Å². The number of thioether (sulfide) groups is 1. The Hall–Kier alpha value is -1.76. The molecular weight excluding hydrogens is 374 g/mol. The topological polar surface area (TPSA) is 64.6 Å². The molecule has 1 fully saturated rings. The normalized spacial score (nSPS) is 16.6. The van der Waals surface area contributed by atoms with Gasteiger partial charge in [0, 0.05) is 28.5 Å². The lowest BCUT2D eigenvalue weighted by molar-refractivity contribution is -0.146. The molecule has 7 heteroatoms. The third-order valence-electron chi connectivity index (χ3n) is 4.08. The second-order valence-corrected chi connectivity index (χ2v) is 7.41. The van der Waals surface area contributed by atoms with E-state index in [1.165, 1.54) is 11.8 Å². The van der Waals surface area contributed by atoms with Crippen molar-refractivity contribution in [1.82, 2.24) is 5.32 Å². The monoisotopic (exact) mass is 393 g/mol. The molecule has 1 atom stereocenters. The molecule has 1 saturated heterocycles. The molecule has 2 aromatic carbocycles. The zero-order valence-electron chi connectivity index (χ0n) is 14.2. The number of carbonyl (C=O) groups excluding carboxylic acids is 2. The summed E-state index contributed by atoms with van der Waals surface area (Å²) in [5.74, 6) is -0.637. The van der Waals surface area contributed by atoms with Crippen LogP contribution in [-0.2, 0) is 19.1 Å². The zero-order valence-corrected chi connectivity index (χ0v) is 15.8. The zero-order chi connectivity index (χ0) is 18.4. The first-order valence-electron chi connectivity index (χ1n) is 8.47. The third kappa shape index (κ3) is 5.13. The molecule has 0 saturated carbocycles. The van der Waals surface area contributed by atoms with Gasteiger partial charge in [0.15, 0.2) is 6.61 Å². The molecule has 0 unspecified atom stereocenters. The van der Waals surface area contributed by atoms with Crippen LogP contribution in [0.5, 0.6) is 0 Å². The summed E-state index contributed by atoms with van der Waals surface area (Å²) in [5, 5.41) is 5.30. The molecule has 138 valence electrons. The van der Waals surface area contributed by atoms with Gasteiger partial charge in [0.2, 0.25) is 0 Å². The molecule has 0 bridgehead atoms. The summed E-state index contributed by atoms with van der Waals surface area (Å²) in [6.07, 6.45) is 2.04. The minimum atomic E-state index is -0.439. The lowest BCUT2D eigenvalue weighted by Crippen LogP contribution is -2.35. The van der Waals surface area contributed by atoms with Crippen molar-refractivity contribution in [3.05, 3.63) is 41.4 Å². The number of benzene rings is 2. The summed E-state index contributed by atoms with van der Waals surface area (Å²) in [7, 11) is 0. The maximum Gasteiger partial charge on any atom is 0.316 e. The summed E-state index contributed by atoms with van der Waals surface area (Å²) in [5.41, 5.74) is 0. The van der Waals surface area contributed by atoms with Gasteiger partial charge in [-0.05, 0) is 30.4 Å². The van der Waals surface area contributed by atoms with E-state index >= 15 is 0 Å². The molecular formula is C19H20ClNO4S. The lowest BCUT2D eigenvalue weighted by atomic mass is 10.1. The molecule has 1 heterocycles. The molecule has 0 radical (unpaired) electrons. The predicted molar refractivity (Wildman–Crippen MR) is 103 cm³/mol. The van der Waals surface area contributed by atoms with Crippen molar-refractivity contribution in [2.24, 2.45) is 0 Å². The van der Waals surface area contributed by atoms with E-state index < -0.39 is 5.97 Å². The summed E-state index contributed by atoms with van der Waals surface area (Å²) in [4.78, 5) is 24.6. The van der Waals surface area contributed by atoms with E-state index in [1.807, 2.05) is 36.4 Å².